The fourth-order valence-electron chi connectivity index (χ4n) is 7.38. The zero-order chi connectivity index (χ0) is 31.5. The van der Waals surface area contributed by atoms with Crippen molar-refractivity contribution in [3.8, 4) is 56.4 Å². The molecule has 0 unspecified atom stereocenters. The summed E-state index contributed by atoms with van der Waals surface area (Å²) in [6.07, 6.45) is 0. The topological polar surface area (TPSA) is 38.7 Å². The van der Waals surface area contributed by atoms with E-state index in [0.29, 0.717) is 17.5 Å². The van der Waals surface area contributed by atoms with E-state index < -0.39 is 0 Å². The van der Waals surface area contributed by atoms with Gasteiger partial charge in [-0.2, -0.15) is 0 Å². The minimum Gasteiger partial charge on any atom is -0.208 e. The predicted octanol–water partition coefficient (Wildman–Crippen LogP) is 11.2. The second kappa shape index (κ2) is 10.6. The van der Waals surface area contributed by atoms with E-state index in [2.05, 4.69) is 147 Å². The largest absolute Gasteiger partial charge is 0.208 e. The van der Waals surface area contributed by atoms with Crippen molar-refractivity contribution in [2.45, 2.75) is 19.3 Å². The summed E-state index contributed by atoms with van der Waals surface area (Å²) in [4.78, 5) is 15.8. The van der Waals surface area contributed by atoms with Gasteiger partial charge in [0.1, 0.15) is 0 Å². The summed E-state index contributed by atoms with van der Waals surface area (Å²) in [5, 5.41) is 4.67. The Morgan fingerprint density at radius 2 is 1.02 bits per heavy atom. The van der Waals surface area contributed by atoms with Crippen LogP contribution >= 0.6 is 0 Å². The maximum Gasteiger partial charge on any atom is 0.165 e. The molecular weight excluding hydrogens is 571 g/mol. The first-order valence-corrected chi connectivity index (χ1v) is 16.1. The van der Waals surface area contributed by atoms with Crippen molar-refractivity contribution in [3.63, 3.8) is 0 Å². The standard InChI is InChI=1S/C44H31N3/c1-44(2)37-21-11-10-19-35(37)39-36(20-12-22-38(39)44)42-45-41(30-15-4-3-5-16-30)46-43(47-42)40-33-18-9-8-14-29(33)25-26-34(40)32-24-23-28-13-6-7-17-31(28)27-32/h3-27H,1-2H3. The van der Waals surface area contributed by atoms with Gasteiger partial charge in [0.05, 0.1) is 0 Å². The van der Waals surface area contributed by atoms with E-state index in [1.807, 2.05) is 18.2 Å². The summed E-state index contributed by atoms with van der Waals surface area (Å²) < 4.78 is 0. The van der Waals surface area contributed by atoms with Gasteiger partial charge in [-0.3, -0.25) is 0 Å². The molecule has 3 nitrogen and oxygen atoms in total. The molecule has 1 heterocycles. The molecule has 0 radical (unpaired) electrons. The van der Waals surface area contributed by atoms with E-state index in [1.165, 1.54) is 33.0 Å². The zero-order valence-electron chi connectivity index (χ0n) is 26.3. The normalized spacial score (nSPS) is 13.1. The van der Waals surface area contributed by atoms with Crippen LogP contribution < -0.4 is 0 Å². The van der Waals surface area contributed by atoms with E-state index in [9.17, 15) is 0 Å². The second-order valence-electron chi connectivity index (χ2n) is 12.8. The molecule has 0 fully saturated rings. The summed E-state index contributed by atoms with van der Waals surface area (Å²) in [6, 6.07) is 53.7. The van der Waals surface area contributed by atoms with Gasteiger partial charge in [-0.05, 0) is 61.0 Å². The molecule has 9 rings (SSSR count). The summed E-state index contributed by atoms with van der Waals surface area (Å²) in [5.41, 5.74) is 10.2. The molecule has 8 aromatic rings. The van der Waals surface area contributed by atoms with E-state index in [1.54, 1.807) is 0 Å². The number of fused-ring (bicyclic) bond motifs is 5. The summed E-state index contributed by atoms with van der Waals surface area (Å²) in [6.45, 7) is 4.61. The van der Waals surface area contributed by atoms with Crippen LogP contribution in [0.15, 0.2) is 152 Å². The van der Waals surface area contributed by atoms with Crippen molar-refractivity contribution in [3.05, 3.63) is 163 Å². The lowest BCUT2D eigenvalue weighted by Crippen LogP contribution is -2.14. The molecule has 47 heavy (non-hydrogen) atoms. The van der Waals surface area contributed by atoms with Gasteiger partial charge in [-0.15, -0.1) is 0 Å². The Morgan fingerprint density at radius 1 is 0.383 bits per heavy atom. The third kappa shape index (κ3) is 4.39. The average molecular weight is 602 g/mol. The van der Waals surface area contributed by atoms with Crippen molar-refractivity contribution in [2.75, 3.05) is 0 Å². The van der Waals surface area contributed by atoms with E-state index in [4.69, 9.17) is 15.0 Å². The maximum atomic E-state index is 5.37. The van der Waals surface area contributed by atoms with Crippen molar-refractivity contribution in [1.82, 2.24) is 15.0 Å². The maximum absolute atomic E-state index is 5.37. The van der Waals surface area contributed by atoms with Crippen molar-refractivity contribution >= 4 is 21.5 Å². The lowest BCUT2D eigenvalue weighted by Gasteiger charge is -2.21. The predicted molar refractivity (Wildman–Crippen MR) is 194 cm³/mol. The summed E-state index contributed by atoms with van der Waals surface area (Å²) in [7, 11) is 0. The van der Waals surface area contributed by atoms with Gasteiger partial charge in [-0.25, -0.2) is 15.0 Å². The van der Waals surface area contributed by atoms with Gasteiger partial charge in [0, 0.05) is 22.1 Å². The van der Waals surface area contributed by atoms with Crippen LogP contribution in [-0.2, 0) is 5.41 Å². The number of hydrogen-bond donors (Lipinski definition) is 0. The summed E-state index contributed by atoms with van der Waals surface area (Å²) in [5.74, 6) is 2.00. The van der Waals surface area contributed by atoms with Gasteiger partial charge >= 0.3 is 0 Å². The molecule has 0 atom stereocenters. The third-order valence-electron chi connectivity index (χ3n) is 9.73. The van der Waals surface area contributed by atoms with Crippen LogP contribution in [0.5, 0.6) is 0 Å². The van der Waals surface area contributed by atoms with Gasteiger partial charge < -0.3 is 0 Å². The first kappa shape index (κ1) is 27.4. The lowest BCUT2D eigenvalue weighted by atomic mass is 9.82. The van der Waals surface area contributed by atoms with Gasteiger partial charge in [0.2, 0.25) is 0 Å². The number of aromatic nitrogens is 3. The zero-order valence-corrected chi connectivity index (χ0v) is 26.3. The van der Waals surface area contributed by atoms with E-state index in [0.717, 1.165) is 38.6 Å². The lowest BCUT2D eigenvalue weighted by molar-refractivity contribution is 0.660. The molecule has 0 saturated carbocycles. The third-order valence-corrected chi connectivity index (χ3v) is 9.73. The Morgan fingerprint density at radius 3 is 1.89 bits per heavy atom. The molecule has 0 aliphatic heterocycles. The highest BCUT2D eigenvalue weighted by molar-refractivity contribution is 6.04. The summed E-state index contributed by atoms with van der Waals surface area (Å²) >= 11 is 0. The van der Waals surface area contributed by atoms with Crippen molar-refractivity contribution < 1.29 is 0 Å². The Kier molecular flexibility index (Phi) is 6.16. The minimum absolute atomic E-state index is 0.126. The molecule has 1 aliphatic rings. The number of benzene rings is 7. The van der Waals surface area contributed by atoms with Crippen LogP contribution in [0.25, 0.3) is 78.0 Å². The molecular formula is C44H31N3. The Bertz CT molecular complexity index is 2490. The molecule has 0 bridgehead atoms. The molecule has 1 aromatic heterocycles. The van der Waals surface area contributed by atoms with Gasteiger partial charge in [0.25, 0.3) is 0 Å². The second-order valence-corrected chi connectivity index (χ2v) is 12.8. The fraction of sp³-hybridized carbons (Fsp3) is 0.0682. The smallest absolute Gasteiger partial charge is 0.165 e. The van der Waals surface area contributed by atoms with Crippen LogP contribution in [-0.4, -0.2) is 15.0 Å². The highest BCUT2D eigenvalue weighted by Crippen LogP contribution is 2.51. The average Bonchev–Trinajstić information content (AvgIpc) is 3.37. The van der Waals surface area contributed by atoms with Crippen molar-refractivity contribution in [1.29, 1.82) is 0 Å². The molecule has 7 aromatic carbocycles. The first-order valence-electron chi connectivity index (χ1n) is 16.1. The van der Waals surface area contributed by atoms with Crippen LogP contribution in [0.4, 0.5) is 0 Å². The molecule has 3 heteroatoms. The molecule has 0 spiro atoms. The van der Waals surface area contributed by atoms with Crippen molar-refractivity contribution in [2.24, 2.45) is 0 Å². The van der Waals surface area contributed by atoms with E-state index >= 15 is 0 Å². The Balaban J connectivity index is 1.35. The molecule has 222 valence electrons. The van der Waals surface area contributed by atoms with Crippen LogP contribution in [0.2, 0.25) is 0 Å². The van der Waals surface area contributed by atoms with Crippen LogP contribution in [0, 0.1) is 0 Å². The molecule has 0 saturated heterocycles. The number of rotatable bonds is 4. The van der Waals surface area contributed by atoms with E-state index in [-0.39, 0.29) is 5.41 Å². The highest BCUT2D eigenvalue weighted by atomic mass is 15.0. The number of hydrogen-bond acceptors (Lipinski definition) is 3. The molecule has 0 amide bonds. The highest BCUT2D eigenvalue weighted by Gasteiger charge is 2.37. The fourth-order valence-corrected chi connectivity index (χ4v) is 7.38. The quantitative estimate of drug-likeness (QED) is 0.201. The number of nitrogens with zero attached hydrogens (tertiary/aromatic N) is 3. The van der Waals surface area contributed by atoms with Gasteiger partial charge in [0.15, 0.2) is 17.5 Å². The van der Waals surface area contributed by atoms with Crippen LogP contribution in [0.3, 0.4) is 0 Å². The minimum atomic E-state index is -0.126. The first-order chi connectivity index (χ1) is 23.1. The Labute approximate surface area is 274 Å². The monoisotopic (exact) mass is 601 g/mol. The molecule has 1 aliphatic carbocycles. The SMILES string of the molecule is CC1(C)c2ccccc2-c2c(-c3nc(-c4ccccc4)nc(-c4c(-c5ccc6ccccc6c5)ccc5ccccc45)n3)cccc21. The van der Waals surface area contributed by atoms with Gasteiger partial charge in [-0.1, -0.05) is 159 Å². The van der Waals surface area contributed by atoms with Crippen LogP contribution in [0.1, 0.15) is 25.0 Å². The Hall–Kier alpha value is -5.93. The molecule has 0 N–H and O–H groups in total.